The fourth-order valence-corrected chi connectivity index (χ4v) is 5.51. The van der Waals surface area contributed by atoms with Gasteiger partial charge in [-0.25, -0.2) is 9.10 Å². The Morgan fingerprint density at radius 2 is 1.64 bits per heavy atom. The Bertz CT molecular complexity index is 1540. The Labute approximate surface area is 209 Å². The summed E-state index contributed by atoms with van der Waals surface area (Å²) in [6, 6.07) is 24.3. The SMILES string of the molecule is CN1c2ccccc2N(Cc2cccc(-c3ccc(COc4cncc(C(=O)O)c4)cc3)c2)S1(=O)=O. The molecule has 0 saturated carbocycles. The summed E-state index contributed by atoms with van der Waals surface area (Å²) >= 11 is 0. The molecule has 3 aromatic carbocycles. The summed E-state index contributed by atoms with van der Waals surface area (Å²) in [4.78, 5) is 15.0. The molecule has 1 aromatic heterocycles. The van der Waals surface area contributed by atoms with E-state index in [0.29, 0.717) is 17.1 Å². The maximum absolute atomic E-state index is 13.0. The number of hydrogen-bond acceptors (Lipinski definition) is 5. The van der Waals surface area contributed by atoms with Crippen LogP contribution in [-0.4, -0.2) is 31.5 Å². The third-order valence-electron chi connectivity index (χ3n) is 6.02. The lowest BCUT2D eigenvalue weighted by molar-refractivity contribution is 0.0695. The molecule has 0 spiro atoms. The Balaban J connectivity index is 1.31. The van der Waals surface area contributed by atoms with Crippen molar-refractivity contribution in [2.75, 3.05) is 15.7 Å². The molecule has 4 aromatic rings. The van der Waals surface area contributed by atoms with Gasteiger partial charge in [-0.3, -0.25) is 9.29 Å². The van der Waals surface area contributed by atoms with E-state index < -0.39 is 16.2 Å². The number of para-hydroxylation sites is 2. The van der Waals surface area contributed by atoms with Gasteiger partial charge >= 0.3 is 16.2 Å². The molecule has 0 atom stereocenters. The minimum absolute atomic E-state index is 0.0691. The van der Waals surface area contributed by atoms with Gasteiger partial charge in [0.05, 0.1) is 29.7 Å². The van der Waals surface area contributed by atoms with Crippen LogP contribution in [0.25, 0.3) is 11.1 Å². The quantitative estimate of drug-likeness (QED) is 0.393. The van der Waals surface area contributed by atoms with Crippen molar-refractivity contribution in [1.29, 1.82) is 0 Å². The van der Waals surface area contributed by atoms with Crippen LogP contribution < -0.4 is 13.3 Å². The number of ether oxygens (including phenoxy) is 1. The molecule has 0 saturated heterocycles. The molecule has 36 heavy (non-hydrogen) atoms. The summed E-state index contributed by atoms with van der Waals surface area (Å²) in [5.74, 6) is -0.672. The van der Waals surface area contributed by atoms with E-state index in [1.807, 2.05) is 66.7 Å². The predicted molar refractivity (Wildman–Crippen MR) is 137 cm³/mol. The van der Waals surface area contributed by atoms with Gasteiger partial charge in [-0.2, -0.15) is 8.42 Å². The van der Waals surface area contributed by atoms with Crippen LogP contribution >= 0.6 is 0 Å². The number of benzene rings is 3. The van der Waals surface area contributed by atoms with E-state index in [9.17, 15) is 13.2 Å². The lowest BCUT2D eigenvalue weighted by atomic mass is 10.0. The highest BCUT2D eigenvalue weighted by molar-refractivity contribution is 7.94. The smallest absolute Gasteiger partial charge is 0.337 e. The van der Waals surface area contributed by atoms with E-state index in [-0.39, 0.29) is 18.7 Å². The summed E-state index contributed by atoms with van der Waals surface area (Å²) < 4.78 is 34.4. The third-order valence-corrected chi connectivity index (χ3v) is 7.79. The van der Waals surface area contributed by atoms with E-state index in [0.717, 1.165) is 22.3 Å². The van der Waals surface area contributed by atoms with Crippen molar-refractivity contribution in [2.24, 2.45) is 0 Å². The molecule has 0 unspecified atom stereocenters. The van der Waals surface area contributed by atoms with Gasteiger partial charge in [0.25, 0.3) is 0 Å². The molecule has 0 radical (unpaired) electrons. The first-order valence-corrected chi connectivity index (χ1v) is 12.6. The van der Waals surface area contributed by atoms with Crippen molar-refractivity contribution in [3.05, 3.63) is 108 Å². The summed E-state index contributed by atoms with van der Waals surface area (Å²) in [6.07, 6.45) is 2.75. The molecule has 0 fully saturated rings. The number of aromatic nitrogens is 1. The maximum Gasteiger partial charge on any atom is 0.337 e. The first-order chi connectivity index (χ1) is 17.3. The van der Waals surface area contributed by atoms with Crippen LogP contribution in [0.15, 0.2) is 91.3 Å². The van der Waals surface area contributed by atoms with E-state index in [1.54, 1.807) is 13.1 Å². The zero-order valence-electron chi connectivity index (χ0n) is 19.4. The van der Waals surface area contributed by atoms with Crippen LogP contribution in [0.3, 0.4) is 0 Å². The van der Waals surface area contributed by atoms with Crippen molar-refractivity contribution in [3.63, 3.8) is 0 Å². The van der Waals surface area contributed by atoms with E-state index in [4.69, 9.17) is 9.84 Å². The van der Waals surface area contributed by atoms with Gasteiger partial charge in [-0.1, -0.05) is 54.6 Å². The number of carboxylic acids is 1. The van der Waals surface area contributed by atoms with Crippen LogP contribution in [0.2, 0.25) is 0 Å². The monoisotopic (exact) mass is 501 g/mol. The first kappa shape index (κ1) is 23.4. The molecular formula is C27H23N3O5S. The van der Waals surface area contributed by atoms with Crippen molar-refractivity contribution in [1.82, 2.24) is 4.98 Å². The molecule has 182 valence electrons. The van der Waals surface area contributed by atoms with Gasteiger partial charge in [0.15, 0.2) is 0 Å². The average molecular weight is 502 g/mol. The highest BCUT2D eigenvalue weighted by Crippen LogP contribution is 2.40. The van der Waals surface area contributed by atoms with Crippen LogP contribution in [0, 0.1) is 0 Å². The molecule has 1 aliphatic rings. The fraction of sp³-hybridized carbons (Fsp3) is 0.111. The summed E-state index contributed by atoms with van der Waals surface area (Å²) in [7, 11) is -2.06. The second-order valence-corrected chi connectivity index (χ2v) is 10.3. The molecule has 8 nitrogen and oxygen atoms in total. The van der Waals surface area contributed by atoms with Gasteiger partial charge in [-0.05, 0) is 46.5 Å². The van der Waals surface area contributed by atoms with E-state index in [1.165, 1.54) is 27.1 Å². The zero-order chi connectivity index (χ0) is 25.3. The van der Waals surface area contributed by atoms with Crippen molar-refractivity contribution in [2.45, 2.75) is 13.2 Å². The van der Waals surface area contributed by atoms with Gasteiger partial charge in [0.1, 0.15) is 12.4 Å². The number of fused-ring (bicyclic) bond motifs is 1. The van der Waals surface area contributed by atoms with E-state index in [2.05, 4.69) is 4.98 Å². The number of nitrogens with zero attached hydrogens (tertiary/aromatic N) is 3. The van der Waals surface area contributed by atoms with E-state index >= 15 is 0 Å². The molecule has 0 aliphatic carbocycles. The van der Waals surface area contributed by atoms with Crippen LogP contribution in [-0.2, 0) is 23.4 Å². The first-order valence-electron chi connectivity index (χ1n) is 11.2. The van der Waals surface area contributed by atoms with Crippen molar-refractivity contribution in [3.8, 4) is 16.9 Å². The Kier molecular flexibility index (Phi) is 6.07. The summed E-state index contributed by atoms with van der Waals surface area (Å²) in [5, 5.41) is 9.08. The number of rotatable bonds is 7. The number of hydrogen-bond donors (Lipinski definition) is 1. The number of carboxylic acid groups (broad SMARTS) is 1. The number of carbonyl (C=O) groups is 1. The normalized spacial score (nSPS) is 13.9. The van der Waals surface area contributed by atoms with Crippen LogP contribution in [0.4, 0.5) is 11.4 Å². The summed E-state index contributed by atoms with van der Waals surface area (Å²) in [6.45, 7) is 0.498. The minimum Gasteiger partial charge on any atom is -0.487 e. The molecule has 0 amide bonds. The van der Waals surface area contributed by atoms with Gasteiger partial charge in [-0.15, -0.1) is 0 Å². The molecular weight excluding hydrogens is 478 g/mol. The zero-order valence-corrected chi connectivity index (χ0v) is 20.2. The molecule has 1 N–H and O–H groups in total. The lowest BCUT2D eigenvalue weighted by Crippen LogP contribution is -2.35. The highest BCUT2D eigenvalue weighted by atomic mass is 32.2. The molecule has 1 aliphatic heterocycles. The van der Waals surface area contributed by atoms with Crippen LogP contribution in [0.5, 0.6) is 5.75 Å². The van der Waals surface area contributed by atoms with Crippen molar-refractivity contribution >= 4 is 27.6 Å². The second kappa shape index (κ2) is 9.35. The standard InChI is InChI=1S/C27H23N3O5S/c1-29-25-7-2-3-8-26(25)30(36(29,33)34)17-20-5-4-6-22(13-20)21-11-9-19(10-12-21)18-35-24-14-23(27(31)32)15-28-16-24/h2-16H,17-18H2,1H3,(H,31,32). The molecule has 0 bridgehead atoms. The van der Waals surface area contributed by atoms with Gasteiger partial charge < -0.3 is 9.84 Å². The molecule has 2 heterocycles. The number of pyridine rings is 1. The predicted octanol–water partition coefficient (Wildman–Crippen LogP) is 4.73. The lowest BCUT2D eigenvalue weighted by Gasteiger charge is -2.19. The van der Waals surface area contributed by atoms with Crippen molar-refractivity contribution < 1.29 is 23.1 Å². The maximum atomic E-state index is 13.0. The fourth-order valence-electron chi connectivity index (χ4n) is 4.09. The van der Waals surface area contributed by atoms with Crippen LogP contribution in [0.1, 0.15) is 21.5 Å². The largest absolute Gasteiger partial charge is 0.487 e. The topological polar surface area (TPSA) is 100 Å². The van der Waals surface area contributed by atoms with Gasteiger partial charge in [0.2, 0.25) is 0 Å². The number of aromatic carboxylic acids is 1. The third kappa shape index (κ3) is 4.48. The second-order valence-electron chi connectivity index (χ2n) is 8.37. The van der Waals surface area contributed by atoms with Gasteiger partial charge in [0, 0.05) is 13.2 Å². The minimum atomic E-state index is -3.63. The Morgan fingerprint density at radius 1 is 0.889 bits per heavy atom. The molecule has 5 rings (SSSR count). The number of anilines is 2. The Morgan fingerprint density at radius 3 is 2.39 bits per heavy atom. The highest BCUT2D eigenvalue weighted by Gasteiger charge is 2.37. The Hall–Kier alpha value is -4.37. The summed E-state index contributed by atoms with van der Waals surface area (Å²) in [5.41, 5.74) is 5.14. The molecule has 9 heteroatoms. The average Bonchev–Trinajstić information content (AvgIpc) is 3.09.